The summed E-state index contributed by atoms with van der Waals surface area (Å²) in [5.41, 5.74) is 1.91. The Balaban J connectivity index is 1.53. The van der Waals surface area contributed by atoms with E-state index < -0.39 is 0 Å². The molecule has 0 aliphatic carbocycles. The van der Waals surface area contributed by atoms with Crippen LogP contribution in [0, 0.1) is 0 Å². The first-order chi connectivity index (χ1) is 11.6. The Bertz CT molecular complexity index is 893. The topological polar surface area (TPSA) is 90.6 Å². The quantitative estimate of drug-likeness (QED) is 0.763. The number of nitrogens with one attached hydrogen (secondary N) is 2. The Morgan fingerprint density at radius 1 is 1.25 bits per heavy atom. The van der Waals surface area contributed by atoms with E-state index in [1.165, 1.54) is 0 Å². The molecule has 1 aromatic carbocycles. The summed E-state index contributed by atoms with van der Waals surface area (Å²) in [5, 5.41) is 15.7. The van der Waals surface area contributed by atoms with Crippen molar-refractivity contribution in [3.8, 4) is 0 Å². The van der Waals surface area contributed by atoms with Gasteiger partial charge in [-0.2, -0.15) is 5.21 Å². The molecule has 1 fully saturated rings. The molecule has 7 heteroatoms. The van der Waals surface area contributed by atoms with Crippen LogP contribution in [0.4, 0.5) is 0 Å². The Kier molecular flexibility index (Phi) is 3.65. The van der Waals surface area contributed by atoms with Crippen LogP contribution in [0.5, 0.6) is 0 Å². The molecule has 0 unspecified atom stereocenters. The first-order valence-electron chi connectivity index (χ1n) is 8.21. The second kappa shape index (κ2) is 5.83. The van der Waals surface area contributed by atoms with E-state index in [-0.39, 0.29) is 11.0 Å². The molecule has 1 aliphatic rings. The van der Waals surface area contributed by atoms with Gasteiger partial charge < -0.3 is 4.98 Å². The first kappa shape index (κ1) is 15.0. The minimum absolute atomic E-state index is 0.0280. The number of hydrogen-bond donors (Lipinski definition) is 2. The van der Waals surface area contributed by atoms with Gasteiger partial charge in [0.1, 0.15) is 0 Å². The van der Waals surface area contributed by atoms with Crippen LogP contribution in [0.3, 0.4) is 0 Å². The standard InChI is InChI=1S/C17H20N6O/c1-17(16-19-21-22-20-16)6-8-23(9-7-17)11-12-10-15(24)18-14-5-3-2-4-13(12)14/h2-5,10H,6-9,11H2,1H3,(H,18,24)(H,19,20,21,22). The summed E-state index contributed by atoms with van der Waals surface area (Å²) in [6.07, 6.45) is 1.96. The molecule has 0 radical (unpaired) electrons. The molecule has 24 heavy (non-hydrogen) atoms. The smallest absolute Gasteiger partial charge is 0.248 e. The third-order valence-corrected chi connectivity index (χ3v) is 5.07. The van der Waals surface area contributed by atoms with Crippen molar-refractivity contribution in [3.63, 3.8) is 0 Å². The summed E-state index contributed by atoms with van der Waals surface area (Å²) < 4.78 is 0. The van der Waals surface area contributed by atoms with Gasteiger partial charge in [-0.3, -0.25) is 9.69 Å². The summed E-state index contributed by atoms with van der Waals surface area (Å²) in [6, 6.07) is 9.68. The number of nitrogens with zero attached hydrogens (tertiary/aromatic N) is 4. The van der Waals surface area contributed by atoms with Gasteiger partial charge in [0.15, 0.2) is 5.82 Å². The van der Waals surface area contributed by atoms with Gasteiger partial charge in [0.25, 0.3) is 0 Å². The lowest BCUT2D eigenvalue weighted by molar-refractivity contribution is 0.157. The lowest BCUT2D eigenvalue weighted by Crippen LogP contribution is -2.41. The third-order valence-electron chi connectivity index (χ3n) is 5.07. The molecule has 1 saturated heterocycles. The highest BCUT2D eigenvalue weighted by Gasteiger charge is 2.35. The summed E-state index contributed by atoms with van der Waals surface area (Å²) in [6.45, 7) is 4.88. The van der Waals surface area contributed by atoms with Crippen LogP contribution in [0.15, 0.2) is 35.1 Å². The van der Waals surface area contributed by atoms with E-state index in [0.29, 0.717) is 0 Å². The minimum Gasteiger partial charge on any atom is -0.322 e. The van der Waals surface area contributed by atoms with Crippen molar-refractivity contribution in [1.82, 2.24) is 30.5 Å². The SMILES string of the molecule is CC1(c2nn[nH]n2)CCN(Cc2cc(=O)[nH]c3ccccc23)CC1. The Hall–Kier alpha value is -2.54. The molecule has 3 heterocycles. The zero-order chi connectivity index (χ0) is 16.6. The molecule has 0 amide bonds. The fourth-order valence-corrected chi connectivity index (χ4v) is 3.49. The van der Waals surface area contributed by atoms with Crippen LogP contribution in [0.25, 0.3) is 10.9 Å². The van der Waals surface area contributed by atoms with Gasteiger partial charge in [-0.25, -0.2) is 0 Å². The van der Waals surface area contributed by atoms with E-state index in [0.717, 1.165) is 54.8 Å². The summed E-state index contributed by atoms with van der Waals surface area (Å²) in [5.74, 6) is 0.795. The number of likely N-dealkylation sites (tertiary alicyclic amines) is 1. The van der Waals surface area contributed by atoms with Crippen LogP contribution >= 0.6 is 0 Å². The maximum absolute atomic E-state index is 11.9. The van der Waals surface area contributed by atoms with E-state index in [2.05, 4.69) is 43.5 Å². The van der Waals surface area contributed by atoms with E-state index in [4.69, 9.17) is 0 Å². The molecule has 3 aromatic rings. The number of fused-ring (bicyclic) bond motifs is 1. The number of aromatic nitrogens is 5. The Labute approximate surface area is 139 Å². The lowest BCUT2D eigenvalue weighted by Gasteiger charge is -2.37. The van der Waals surface area contributed by atoms with Crippen molar-refractivity contribution in [2.24, 2.45) is 0 Å². The van der Waals surface area contributed by atoms with Crippen LogP contribution in [-0.2, 0) is 12.0 Å². The molecule has 0 bridgehead atoms. The van der Waals surface area contributed by atoms with Gasteiger partial charge in [-0.15, -0.1) is 10.2 Å². The predicted octanol–water partition coefficient (Wildman–Crippen LogP) is 1.59. The molecule has 2 aromatic heterocycles. The number of piperidine rings is 1. The molecule has 124 valence electrons. The average Bonchev–Trinajstić information content (AvgIpc) is 3.12. The van der Waals surface area contributed by atoms with Gasteiger partial charge in [0.05, 0.1) is 0 Å². The van der Waals surface area contributed by atoms with Crippen molar-refractivity contribution >= 4 is 10.9 Å². The molecule has 0 saturated carbocycles. The summed E-state index contributed by atoms with van der Waals surface area (Å²) in [7, 11) is 0. The highest BCUT2D eigenvalue weighted by Crippen LogP contribution is 2.33. The Morgan fingerprint density at radius 2 is 2.04 bits per heavy atom. The number of benzene rings is 1. The summed E-state index contributed by atoms with van der Waals surface area (Å²) in [4.78, 5) is 17.2. The van der Waals surface area contributed by atoms with E-state index in [1.54, 1.807) is 6.07 Å². The summed E-state index contributed by atoms with van der Waals surface area (Å²) >= 11 is 0. The minimum atomic E-state index is -0.0441. The van der Waals surface area contributed by atoms with Crippen molar-refractivity contribution in [1.29, 1.82) is 0 Å². The number of hydrogen-bond acceptors (Lipinski definition) is 5. The fourth-order valence-electron chi connectivity index (χ4n) is 3.49. The second-order valence-electron chi connectivity index (χ2n) is 6.78. The molecule has 0 spiro atoms. The highest BCUT2D eigenvalue weighted by molar-refractivity contribution is 5.81. The molecule has 4 rings (SSSR count). The van der Waals surface area contributed by atoms with Crippen LogP contribution in [0.1, 0.15) is 31.2 Å². The lowest BCUT2D eigenvalue weighted by atomic mass is 9.79. The maximum Gasteiger partial charge on any atom is 0.248 e. The fraction of sp³-hybridized carbons (Fsp3) is 0.412. The predicted molar refractivity (Wildman–Crippen MR) is 90.6 cm³/mol. The van der Waals surface area contributed by atoms with Crippen LogP contribution in [-0.4, -0.2) is 43.6 Å². The van der Waals surface area contributed by atoms with Crippen molar-refractivity contribution in [2.75, 3.05) is 13.1 Å². The molecule has 7 nitrogen and oxygen atoms in total. The van der Waals surface area contributed by atoms with E-state index in [1.807, 2.05) is 18.2 Å². The Morgan fingerprint density at radius 3 is 2.79 bits per heavy atom. The highest BCUT2D eigenvalue weighted by atomic mass is 16.1. The zero-order valence-electron chi connectivity index (χ0n) is 13.6. The van der Waals surface area contributed by atoms with Crippen molar-refractivity contribution in [3.05, 3.63) is 52.1 Å². The second-order valence-corrected chi connectivity index (χ2v) is 6.78. The van der Waals surface area contributed by atoms with Gasteiger partial charge in [-0.05, 0) is 37.6 Å². The number of rotatable bonds is 3. The van der Waals surface area contributed by atoms with Crippen molar-refractivity contribution in [2.45, 2.75) is 31.7 Å². The molecular weight excluding hydrogens is 304 g/mol. The number of tetrazole rings is 1. The van der Waals surface area contributed by atoms with Gasteiger partial charge >= 0.3 is 0 Å². The number of aromatic amines is 2. The van der Waals surface area contributed by atoms with Crippen LogP contribution in [0.2, 0.25) is 0 Å². The number of para-hydroxylation sites is 1. The number of H-pyrrole nitrogens is 2. The molecule has 0 atom stereocenters. The first-order valence-corrected chi connectivity index (χ1v) is 8.21. The van der Waals surface area contributed by atoms with Gasteiger partial charge in [0, 0.05) is 28.9 Å². The van der Waals surface area contributed by atoms with E-state index in [9.17, 15) is 4.79 Å². The largest absolute Gasteiger partial charge is 0.322 e. The average molecular weight is 324 g/mol. The van der Waals surface area contributed by atoms with Gasteiger partial charge in [-0.1, -0.05) is 30.3 Å². The number of pyridine rings is 1. The third kappa shape index (κ3) is 2.71. The van der Waals surface area contributed by atoms with E-state index >= 15 is 0 Å². The molecule has 1 aliphatic heterocycles. The van der Waals surface area contributed by atoms with Gasteiger partial charge in [0.2, 0.25) is 5.56 Å². The molecule has 2 N–H and O–H groups in total. The maximum atomic E-state index is 11.9. The normalized spacial score (nSPS) is 18.0. The van der Waals surface area contributed by atoms with Crippen molar-refractivity contribution < 1.29 is 0 Å². The van der Waals surface area contributed by atoms with Crippen LogP contribution < -0.4 is 5.56 Å². The zero-order valence-corrected chi connectivity index (χ0v) is 13.6. The monoisotopic (exact) mass is 324 g/mol. The molecular formula is C17H20N6O.